The highest BCUT2D eigenvalue weighted by molar-refractivity contribution is 5.32. The van der Waals surface area contributed by atoms with Crippen molar-refractivity contribution < 1.29 is 18.0 Å². The lowest BCUT2D eigenvalue weighted by Crippen LogP contribution is -2.14. The minimum Gasteiger partial charge on any atom is -0.211 e. The first-order chi connectivity index (χ1) is 7.06. The van der Waals surface area contributed by atoms with Gasteiger partial charge in [0.1, 0.15) is 5.82 Å². The summed E-state index contributed by atoms with van der Waals surface area (Å²) in [5.41, 5.74) is -0.287. The van der Waals surface area contributed by atoms with Crippen molar-refractivity contribution >= 4 is 6.08 Å². The largest absolute Gasteiger partial charge is 0.275 e. The Balaban J connectivity index is 2.75. The number of nitrogens with zero attached hydrogens (tertiary/aromatic N) is 1. The van der Waals surface area contributed by atoms with Crippen LogP contribution in [0.2, 0.25) is 0 Å². The molecule has 80 valence electrons. The Bertz CT molecular complexity index is 369. The molecule has 0 radical (unpaired) electrons. The van der Waals surface area contributed by atoms with Gasteiger partial charge < -0.3 is 0 Å². The molecule has 0 amide bonds. The fourth-order valence-corrected chi connectivity index (χ4v) is 1.08. The van der Waals surface area contributed by atoms with Crippen LogP contribution in [0.3, 0.4) is 0 Å². The van der Waals surface area contributed by atoms with Gasteiger partial charge in [-0.1, -0.05) is 12.1 Å². The molecule has 15 heavy (non-hydrogen) atoms. The van der Waals surface area contributed by atoms with Crippen LogP contribution in [0.25, 0.3) is 0 Å². The molecule has 1 aromatic carbocycles. The first-order valence-electron chi connectivity index (χ1n) is 4.24. The minimum absolute atomic E-state index is 0.287. The summed E-state index contributed by atoms with van der Waals surface area (Å²) in [6, 6.07) is 3.96. The van der Waals surface area contributed by atoms with E-state index in [0.29, 0.717) is 0 Å². The standard InChI is InChI=1S/C10H8F3NO/c11-9-3-1-8(2-4-9)10(12,13)5-6-14-7-15/h1-4H,5-6H2. The van der Waals surface area contributed by atoms with E-state index in [1.807, 2.05) is 0 Å². The molecule has 0 heterocycles. The molecular formula is C10H8F3NO. The van der Waals surface area contributed by atoms with Crippen molar-refractivity contribution in [3.8, 4) is 0 Å². The van der Waals surface area contributed by atoms with Gasteiger partial charge in [-0.15, -0.1) is 0 Å². The second kappa shape index (κ2) is 4.75. The third-order valence-electron chi connectivity index (χ3n) is 1.87. The van der Waals surface area contributed by atoms with E-state index in [1.165, 1.54) is 6.08 Å². The molecule has 0 aliphatic rings. The molecule has 0 aliphatic carbocycles. The number of alkyl halides is 2. The van der Waals surface area contributed by atoms with Gasteiger partial charge in [-0.05, 0) is 12.1 Å². The predicted molar refractivity (Wildman–Crippen MR) is 47.9 cm³/mol. The summed E-state index contributed by atoms with van der Waals surface area (Å²) >= 11 is 0. The van der Waals surface area contributed by atoms with E-state index in [0.717, 1.165) is 24.3 Å². The number of hydrogen-bond donors (Lipinski definition) is 0. The molecule has 1 rings (SSSR count). The monoisotopic (exact) mass is 215 g/mol. The van der Waals surface area contributed by atoms with Crippen LogP contribution in [0.15, 0.2) is 29.3 Å². The Labute approximate surface area is 84.4 Å². The van der Waals surface area contributed by atoms with Crippen molar-refractivity contribution in [1.82, 2.24) is 0 Å². The zero-order valence-electron chi connectivity index (χ0n) is 7.71. The molecule has 0 spiro atoms. The molecule has 0 unspecified atom stereocenters. The highest BCUT2D eigenvalue weighted by Crippen LogP contribution is 2.31. The van der Waals surface area contributed by atoms with Gasteiger partial charge in [-0.25, -0.2) is 23.0 Å². The fraction of sp³-hybridized carbons (Fsp3) is 0.300. The van der Waals surface area contributed by atoms with Gasteiger partial charge in [0.05, 0.1) is 6.54 Å². The van der Waals surface area contributed by atoms with Crippen molar-refractivity contribution in [2.24, 2.45) is 4.99 Å². The number of benzene rings is 1. The average molecular weight is 215 g/mol. The number of isocyanates is 1. The number of rotatable bonds is 4. The van der Waals surface area contributed by atoms with Crippen molar-refractivity contribution in [1.29, 1.82) is 0 Å². The molecule has 0 saturated heterocycles. The summed E-state index contributed by atoms with van der Waals surface area (Å²) in [4.78, 5) is 12.7. The van der Waals surface area contributed by atoms with Crippen molar-refractivity contribution in [3.63, 3.8) is 0 Å². The van der Waals surface area contributed by atoms with Crippen LogP contribution in [0.1, 0.15) is 12.0 Å². The number of halogens is 3. The molecule has 0 fully saturated rings. The Kier molecular flexibility index (Phi) is 3.63. The summed E-state index contributed by atoms with van der Waals surface area (Å²) in [5.74, 6) is -3.67. The molecule has 2 nitrogen and oxygen atoms in total. The van der Waals surface area contributed by atoms with Gasteiger partial charge in [0.25, 0.3) is 5.92 Å². The fourth-order valence-electron chi connectivity index (χ4n) is 1.08. The summed E-state index contributed by atoms with van der Waals surface area (Å²) in [5, 5.41) is 0. The highest BCUT2D eigenvalue weighted by Gasteiger charge is 2.30. The first-order valence-corrected chi connectivity index (χ1v) is 4.24. The zero-order valence-corrected chi connectivity index (χ0v) is 7.71. The van der Waals surface area contributed by atoms with Crippen LogP contribution in [0.4, 0.5) is 13.2 Å². The van der Waals surface area contributed by atoms with Crippen LogP contribution in [0, 0.1) is 5.82 Å². The molecule has 0 bridgehead atoms. The number of aliphatic imine (C=N–C) groups is 1. The maximum Gasteiger partial charge on any atom is 0.275 e. The summed E-state index contributed by atoms with van der Waals surface area (Å²) in [6.07, 6.45) is 0.593. The van der Waals surface area contributed by atoms with E-state index in [9.17, 15) is 18.0 Å². The van der Waals surface area contributed by atoms with Gasteiger partial charge >= 0.3 is 0 Å². The van der Waals surface area contributed by atoms with Crippen molar-refractivity contribution in [2.45, 2.75) is 12.3 Å². The van der Waals surface area contributed by atoms with Gasteiger partial charge in [0.15, 0.2) is 0 Å². The molecular weight excluding hydrogens is 207 g/mol. The second-order valence-electron chi connectivity index (χ2n) is 2.93. The molecule has 1 aromatic rings. The predicted octanol–water partition coefficient (Wildman–Crippen LogP) is 2.64. The molecule has 0 aliphatic heterocycles. The SMILES string of the molecule is O=C=NCCC(F)(F)c1ccc(F)cc1. The normalized spacial score (nSPS) is 10.9. The van der Waals surface area contributed by atoms with E-state index in [1.54, 1.807) is 0 Å². The molecule has 0 N–H and O–H groups in total. The van der Waals surface area contributed by atoms with Crippen LogP contribution >= 0.6 is 0 Å². The van der Waals surface area contributed by atoms with E-state index in [2.05, 4.69) is 4.99 Å². The first kappa shape index (κ1) is 11.5. The maximum absolute atomic E-state index is 13.3. The second-order valence-corrected chi connectivity index (χ2v) is 2.93. The Morgan fingerprint density at radius 3 is 2.40 bits per heavy atom. The van der Waals surface area contributed by atoms with Gasteiger partial charge in [0, 0.05) is 12.0 Å². The summed E-state index contributed by atoms with van der Waals surface area (Å²) < 4.78 is 39.1. The van der Waals surface area contributed by atoms with Gasteiger partial charge in [-0.2, -0.15) is 0 Å². The molecule has 0 atom stereocenters. The quantitative estimate of drug-likeness (QED) is 0.560. The number of hydrogen-bond acceptors (Lipinski definition) is 2. The number of carbonyl (C=O) groups excluding carboxylic acids is 1. The van der Waals surface area contributed by atoms with Gasteiger partial charge in [0.2, 0.25) is 6.08 Å². The smallest absolute Gasteiger partial charge is 0.211 e. The van der Waals surface area contributed by atoms with E-state index >= 15 is 0 Å². The van der Waals surface area contributed by atoms with E-state index in [4.69, 9.17) is 0 Å². The van der Waals surface area contributed by atoms with Crippen molar-refractivity contribution in [2.75, 3.05) is 6.54 Å². The lowest BCUT2D eigenvalue weighted by atomic mass is 10.1. The molecule has 0 aromatic heterocycles. The Morgan fingerprint density at radius 1 is 1.27 bits per heavy atom. The Morgan fingerprint density at radius 2 is 1.87 bits per heavy atom. The van der Waals surface area contributed by atoms with Crippen LogP contribution in [-0.4, -0.2) is 12.6 Å². The average Bonchev–Trinajstić information content (AvgIpc) is 2.18. The summed E-state index contributed by atoms with van der Waals surface area (Å²) in [7, 11) is 0. The maximum atomic E-state index is 13.3. The zero-order chi connectivity index (χ0) is 11.3. The van der Waals surface area contributed by atoms with Crippen LogP contribution in [0.5, 0.6) is 0 Å². The lowest BCUT2D eigenvalue weighted by Gasteiger charge is -2.14. The topological polar surface area (TPSA) is 29.4 Å². The molecule has 5 heteroatoms. The van der Waals surface area contributed by atoms with E-state index in [-0.39, 0.29) is 12.1 Å². The minimum atomic E-state index is -3.10. The summed E-state index contributed by atoms with van der Waals surface area (Å²) in [6.45, 7) is -0.298. The highest BCUT2D eigenvalue weighted by atomic mass is 19.3. The van der Waals surface area contributed by atoms with E-state index < -0.39 is 18.2 Å². The lowest BCUT2D eigenvalue weighted by molar-refractivity contribution is -0.0106. The third kappa shape index (κ3) is 3.22. The Hall–Kier alpha value is -1.61. The van der Waals surface area contributed by atoms with Gasteiger partial charge in [-0.3, -0.25) is 0 Å². The third-order valence-corrected chi connectivity index (χ3v) is 1.87. The van der Waals surface area contributed by atoms with Crippen molar-refractivity contribution in [3.05, 3.63) is 35.6 Å². The van der Waals surface area contributed by atoms with Crippen LogP contribution in [-0.2, 0) is 10.7 Å². The van der Waals surface area contributed by atoms with Crippen LogP contribution < -0.4 is 0 Å². The molecule has 0 saturated carbocycles.